The summed E-state index contributed by atoms with van der Waals surface area (Å²) in [6.07, 6.45) is 0. The standard InChI is InChI=1S/C14H22N2/c1-14(2,3)16-9-12(13(15)10-16)11-7-5-4-6-8-11/h4-8,12-13H,9-10,15H2,1-3H3. The van der Waals surface area contributed by atoms with Crippen LogP contribution in [0.1, 0.15) is 32.3 Å². The molecule has 1 heterocycles. The summed E-state index contributed by atoms with van der Waals surface area (Å²) >= 11 is 0. The van der Waals surface area contributed by atoms with Gasteiger partial charge in [0.1, 0.15) is 0 Å². The molecule has 2 nitrogen and oxygen atoms in total. The second kappa shape index (κ2) is 4.19. The van der Waals surface area contributed by atoms with Crippen LogP contribution in [0.15, 0.2) is 30.3 Å². The first-order chi connectivity index (χ1) is 7.48. The lowest BCUT2D eigenvalue weighted by molar-refractivity contribution is 0.171. The van der Waals surface area contributed by atoms with Crippen LogP contribution in [0.4, 0.5) is 0 Å². The van der Waals surface area contributed by atoms with Gasteiger partial charge in [0.2, 0.25) is 0 Å². The van der Waals surface area contributed by atoms with E-state index < -0.39 is 0 Å². The lowest BCUT2D eigenvalue weighted by Gasteiger charge is -2.31. The van der Waals surface area contributed by atoms with E-state index in [1.54, 1.807) is 0 Å². The van der Waals surface area contributed by atoms with E-state index in [2.05, 4.69) is 56.0 Å². The van der Waals surface area contributed by atoms with Crippen LogP contribution in [0.25, 0.3) is 0 Å². The molecule has 2 atom stereocenters. The summed E-state index contributed by atoms with van der Waals surface area (Å²) in [6.45, 7) is 8.85. The van der Waals surface area contributed by atoms with Crippen molar-refractivity contribution in [1.82, 2.24) is 4.90 Å². The van der Waals surface area contributed by atoms with E-state index in [9.17, 15) is 0 Å². The van der Waals surface area contributed by atoms with Crippen molar-refractivity contribution >= 4 is 0 Å². The number of hydrogen-bond donors (Lipinski definition) is 1. The van der Waals surface area contributed by atoms with Gasteiger partial charge in [-0.25, -0.2) is 0 Å². The molecule has 2 unspecified atom stereocenters. The summed E-state index contributed by atoms with van der Waals surface area (Å²) in [5.74, 6) is 0.487. The Labute approximate surface area is 98.4 Å². The number of nitrogens with two attached hydrogens (primary N) is 1. The van der Waals surface area contributed by atoms with Crippen molar-refractivity contribution in [2.45, 2.75) is 38.3 Å². The molecule has 0 spiro atoms. The molecular formula is C14H22N2. The lowest BCUT2D eigenvalue weighted by Crippen LogP contribution is -2.40. The van der Waals surface area contributed by atoms with Crippen molar-refractivity contribution < 1.29 is 0 Å². The summed E-state index contributed by atoms with van der Waals surface area (Å²) in [4.78, 5) is 2.48. The topological polar surface area (TPSA) is 29.3 Å². The van der Waals surface area contributed by atoms with Gasteiger partial charge in [0, 0.05) is 30.6 Å². The highest BCUT2D eigenvalue weighted by Gasteiger charge is 2.36. The van der Waals surface area contributed by atoms with Gasteiger partial charge in [-0.1, -0.05) is 30.3 Å². The maximum absolute atomic E-state index is 6.26. The van der Waals surface area contributed by atoms with Crippen molar-refractivity contribution in [3.63, 3.8) is 0 Å². The molecule has 16 heavy (non-hydrogen) atoms. The van der Waals surface area contributed by atoms with Crippen molar-refractivity contribution in [2.75, 3.05) is 13.1 Å². The highest BCUT2D eigenvalue weighted by Crippen LogP contribution is 2.30. The normalized spacial score (nSPS) is 27.2. The molecule has 0 radical (unpaired) electrons. The van der Waals surface area contributed by atoms with Crippen LogP contribution in [0, 0.1) is 0 Å². The summed E-state index contributed by atoms with van der Waals surface area (Å²) < 4.78 is 0. The summed E-state index contributed by atoms with van der Waals surface area (Å²) in [7, 11) is 0. The highest BCUT2D eigenvalue weighted by atomic mass is 15.2. The lowest BCUT2D eigenvalue weighted by atomic mass is 9.95. The smallest absolute Gasteiger partial charge is 0.0250 e. The molecule has 1 aromatic rings. The fourth-order valence-electron chi connectivity index (χ4n) is 2.43. The number of nitrogens with zero attached hydrogens (tertiary/aromatic N) is 1. The van der Waals surface area contributed by atoms with Gasteiger partial charge < -0.3 is 5.73 Å². The Bertz CT molecular complexity index is 340. The van der Waals surface area contributed by atoms with Crippen LogP contribution in [-0.4, -0.2) is 29.6 Å². The van der Waals surface area contributed by atoms with Gasteiger partial charge in [0.15, 0.2) is 0 Å². The van der Waals surface area contributed by atoms with E-state index >= 15 is 0 Å². The first-order valence-corrected chi connectivity index (χ1v) is 6.04. The average Bonchev–Trinajstić information content (AvgIpc) is 2.61. The molecule has 1 aromatic carbocycles. The molecule has 1 aliphatic rings. The minimum absolute atomic E-state index is 0.223. The Kier molecular flexibility index (Phi) is 3.04. The number of rotatable bonds is 1. The van der Waals surface area contributed by atoms with Gasteiger partial charge in [0.25, 0.3) is 0 Å². The maximum Gasteiger partial charge on any atom is 0.0250 e. The number of hydrogen-bond acceptors (Lipinski definition) is 2. The maximum atomic E-state index is 6.26. The molecule has 0 bridgehead atoms. The third kappa shape index (κ3) is 2.28. The Morgan fingerprint density at radius 3 is 2.25 bits per heavy atom. The summed E-state index contributed by atoms with van der Waals surface area (Å²) in [6, 6.07) is 10.9. The highest BCUT2D eigenvalue weighted by molar-refractivity contribution is 5.23. The van der Waals surface area contributed by atoms with Crippen LogP contribution in [0.3, 0.4) is 0 Å². The van der Waals surface area contributed by atoms with Gasteiger partial charge in [-0.05, 0) is 26.3 Å². The molecule has 2 rings (SSSR count). The molecule has 1 saturated heterocycles. The third-order valence-corrected chi connectivity index (χ3v) is 3.54. The predicted molar refractivity (Wildman–Crippen MR) is 68.5 cm³/mol. The van der Waals surface area contributed by atoms with Crippen molar-refractivity contribution in [2.24, 2.45) is 5.73 Å². The number of benzene rings is 1. The van der Waals surface area contributed by atoms with Gasteiger partial charge in [-0.3, -0.25) is 4.90 Å². The van der Waals surface area contributed by atoms with E-state index in [0.717, 1.165) is 13.1 Å². The van der Waals surface area contributed by atoms with E-state index in [0.29, 0.717) is 5.92 Å². The first kappa shape index (κ1) is 11.6. The molecule has 0 saturated carbocycles. The van der Waals surface area contributed by atoms with Crippen LogP contribution in [-0.2, 0) is 0 Å². The van der Waals surface area contributed by atoms with Crippen LogP contribution < -0.4 is 5.73 Å². The largest absolute Gasteiger partial charge is 0.326 e. The molecule has 0 aliphatic carbocycles. The van der Waals surface area contributed by atoms with Gasteiger partial charge in [-0.2, -0.15) is 0 Å². The van der Waals surface area contributed by atoms with Gasteiger partial charge >= 0.3 is 0 Å². The van der Waals surface area contributed by atoms with E-state index in [1.165, 1.54) is 5.56 Å². The van der Waals surface area contributed by atoms with Crippen molar-refractivity contribution in [1.29, 1.82) is 0 Å². The molecule has 2 heteroatoms. The van der Waals surface area contributed by atoms with Crippen LogP contribution >= 0.6 is 0 Å². The van der Waals surface area contributed by atoms with Crippen molar-refractivity contribution in [3.8, 4) is 0 Å². The van der Waals surface area contributed by atoms with Crippen LogP contribution in [0.2, 0.25) is 0 Å². The fraction of sp³-hybridized carbons (Fsp3) is 0.571. The minimum Gasteiger partial charge on any atom is -0.326 e. The zero-order valence-electron chi connectivity index (χ0n) is 10.5. The fourth-order valence-corrected chi connectivity index (χ4v) is 2.43. The predicted octanol–water partition coefficient (Wildman–Crippen LogP) is 2.21. The van der Waals surface area contributed by atoms with Crippen LogP contribution in [0.5, 0.6) is 0 Å². The quantitative estimate of drug-likeness (QED) is 0.783. The number of likely N-dealkylation sites (tertiary alicyclic amines) is 1. The SMILES string of the molecule is CC(C)(C)N1CC(N)C(c2ccccc2)C1. The Morgan fingerprint density at radius 1 is 1.12 bits per heavy atom. The Morgan fingerprint density at radius 2 is 1.75 bits per heavy atom. The van der Waals surface area contributed by atoms with E-state index in [4.69, 9.17) is 5.73 Å². The van der Waals surface area contributed by atoms with E-state index in [-0.39, 0.29) is 11.6 Å². The molecule has 88 valence electrons. The Hall–Kier alpha value is -0.860. The first-order valence-electron chi connectivity index (χ1n) is 6.04. The van der Waals surface area contributed by atoms with Crippen molar-refractivity contribution in [3.05, 3.63) is 35.9 Å². The molecule has 0 aromatic heterocycles. The second-order valence-corrected chi connectivity index (χ2v) is 5.76. The molecular weight excluding hydrogens is 196 g/mol. The van der Waals surface area contributed by atoms with E-state index in [1.807, 2.05) is 0 Å². The summed E-state index contributed by atoms with van der Waals surface area (Å²) in [5.41, 5.74) is 7.86. The molecule has 1 fully saturated rings. The average molecular weight is 218 g/mol. The zero-order valence-corrected chi connectivity index (χ0v) is 10.5. The monoisotopic (exact) mass is 218 g/mol. The molecule has 0 amide bonds. The third-order valence-electron chi connectivity index (χ3n) is 3.54. The van der Waals surface area contributed by atoms with Gasteiger partial charge in [-0.15, -0.1) is 0 Å². The molecule has 1 aliphatic heterocycles. The van der Waals surface area contributed by atoms with Gasteiger partial charge in [0.05, 0.1) is 0 Å². The second-order valence-electron chi connectivity index (χ2n) is 5.76. The Balaban J connectivity index is 2.15. The zero-order chi connectivity index (χ0) is 11.8. The minimum atomic E-state index is 0.223. The summed E-state index contributed by atoms with van der Waals surface area (Å²) in [5, 5.41) is 0. The molecule has 2 N–H and O–H groups in total.